The number of nitrogens with zero attached hydrogens (tertiary/aromatic N) is 1. The van der Waals surface area contributed by atoms with Crippen LogP contribution in [0.1, 0.15) is 38.2 Å². The molecule has 17 heavy (non-hydrogen) atoms. The molecule has 0 spiro atoms. The minimum absolute atomic E-state index is 0.569. The Balaban J connectivity index is 1.65. The largest absolute Gasteiger partial charge is 0.367 e. The molecule has 2 aliphatic carbocycles. The quantitative estimate of drug-likeness (QED) is 0.857. The third kappa shape index (κ3) is 2.18. The molecule has 4 atom stereocenters. The van der Waals surface area contributed by atoms with Crippen LogP contribution in [0.15, 0.2) is 18.3 Å². The molecule has 4 unspecified atom stereocenters. The zero-order valence-electron chi connectivity index (χ0n) is 10.8. The van der Waals surface area contributed by atoms with E-state index in [9.17, 15) is 0 Å². The van der Waals surface area contributed by atoms with Crippen molar-refractivity contribution in [3.63, 3.8) is 0 Å². The second-order valence-electron chi connectivity index (χ2n) is 5.99. The van der Waals surface area contributed by atoms with Crippen molar-refractivity contribution < 1.29 is 0 Å². The Morgan fingerprint density at radius 1 is 1.35 bits per heavy atom. The van der Waals surface area contributed by atoms with Gasteiger partial charge in [0.1, 0.15) is 5.82 Å². The molecule has 0 aromatic carbocycles. The van der Waals surface area contributed by atoms with E-state index in [1.807, 2.05) is 12.3 Å². The molecule has 92 valence electrons. The molecule has 2 bridgehead atoms. The van der Waals surface area contributed by atoms with E-state index in [2.05, 4.69) is 30.2 Å². The summed E-state index contributed by atoms with van der Waals surface area (Å²) >= 11 is 0. The van der Waals surface area contributed by atoms with Gasteiger partial charge < -0.3 is 5.32 Å². The SMILES string of the molecule is Cc1ccnc(NC(C)C2CC3CCC2C3)c1. The van der Waals surface area contributed by atoms with Gasteiger partial charge in [-0.2, -0.15) is 0 Å². The van der Waals surface area contributed by atoms with Crippen molar-refractivity contribution in [3.05, 3.63) is 23.9 Å². The number of aryl methyl sites for hydroxylation is 1. The van der Waals surface area contributed by atoms with E-state index >= 15 is 0 Å². The molecule has 1 aromatic rings. The number of nitrogens with one attached hydrogen (secondary N) is 1. The predicted molar refractivity (Wildman–Crippen MR) is 71.0 cm³/mol. The van der Waals surface area contributed by atoms with Crippen LogP contribution in [0.2, 0.25) is 0 Å². The fourth-order valence-corrected chi connectivity index (χ4v) is 3.86. The molecule has 2 nitrogen and oxygen atoms in total. The van der Waals surface area contributed by atoms with Gasteiger partial charge in [-0.1, -0.05) is 6.42 Å². The maximum Gasteiger partial charge on any atom is 0.126 e. The van der Waals surface area contributed by atoms with Gasteiger partial charge in [0.2, 0.25) is 0 Å². The standard InChI is InChI=1S/C15H22N2/c1-10-5-6-16-15(7-10)17-11(2)14-9-12-3-4-13(14)8-12/h5-7,11-14H,3-4,8-9H2,1-2H3,(H,16,17). The highest BCUT2D eigenvalue weighted by Gasteiger charge is 2.41. The van der Waals surface area contributed by atoms with Crippen molar-refractivity contribution in [1.29, 1.82) is 0 Å². The topological polar surface area (TPSA) is 24.9 Å². The molecule has 0 saturated heterocycles. The number of hydrogen-bond donors (Lipinski definition) is 1. The first-order chi connectivity index (χ1) is 8.22. The van der Waals surface area contributed by atoms with E-state index in [1.165, 1.54) is 31.2 Å². The lowest BCUT2D eigenvalue weighted by Gasteiger charge is -2.28. The maximum atomic E-state index is 4.40. The smallest absolute Gasteiger partial charge is 0.126 e. The number of aromatic nitrogens is 1. The molecule has 0 aliphatic heterocycles. The Morgan fingerprint density at radius 3 is 2.88 bits per heavy atom. The molecule has 1 aromatic heterocycles. The predicted octanol–water partition coefficient (Wildman–Crippen LogP) is 3.63. The number of fused-ring (bicyclic) bond motifs is 2. The molecule has 3 rings (SSSR count). The van der Waals surface area contributed by atoms with Crippen LogP contribution in [0.4, 0.5) is 5.82 Å². The van der Waals surface area contributed by atoms with Gasteiger partial charge in [0.05, 0.1) is 0 Å². The lowest BCUT2D eigenvalue weighted by molar-refractivity contribution is 0.304. The molecule has 1 N–H and O–H groups in total. The normalized spacial score (nSPS) is 32.7. The zero-order chi connectivity index (χ0) is 11.8. The Hall–Kier alpha value is -1.05. The highest BCUT2D eigenvalue weighted by Crippen LogP contribution is 2.49. The van der Waals surface area contributed by atoms with Gasteiger partial charge in [-0.05, 0) is 68.6 Å². The highest BCUT2D eigenvalue weighted by molar-refractivity contribution is 5.38. The van der Waals surface area contributed by atoms with E-state index in [4.69, 9.17) is 0 Å². The minimum Gasteiger partial charge on any atom is -0.367 e. The first kappa shape index (κ1) is 11.1. The summed E-state index contributed by atoms with van der Waals surface area (Å²) in [5.41, 5.74) is 1.28. The third-order valence-electron chi connectivity index (χ3n) is 4.73. The van der Waals surface area contributed by atoms with Gasteiger partial charge in [-0.15, -0.1) is 0 Å². The zero-order valence-corrected chi connectivity index (χ0v) is 10.8. The summed E-state index contributed by atoms with van der Waals surface area (Å²) in [6.07, 6.45) is 7.76. The van der Waals surface area contributed by atoms with Crippen LogP contribution in [0, 0.1) is 24.7 Å². The summed E-state index contributed by atoms with van der Waals surface area (Å²) in [5, 5.41) is 3.60. The molecular weight excluding hydrogens is 208 g/mol. The van der Waals surface area contributed by atoms with E-state index < -0.39 is 0 Å². The fourth-order valence-electron chi connectivity index (χ4n) is 3.86. The molecule has 2 saturated carbocycles. The van der Waals surface area contributed by atoms with Crippen LogP contribution in [0.25, 0.3) is 0 Å². The minimum atomic E-state index is 0.569. The van der Waals surface area contributed by atoms with Gasteiger partial charge in [-0.25, -0.2) is 4.98 Å². The van der Waals surface area contributed by atoms with E-state index in [0.29, 0.717) is 6.04 Å². The van der Waals surface area contributed by atoms with Crippen molar-refractivity contribution in [2.24, 2.45) is 17.8 Å². The Labute approximate surface area is 104 Å². The van der Waals surface area contributed by atoms with E-state index in [-0.39, 0.29) is 0 Å². The Morgan fingerprint density at radius 2 is 2.24 bits per heavy atom. The van der Waals surface area contributed by atoms with E-state index in [0.717, 1.165) is 23.6 Å². The summed E-state index contributed by atoms with van der Waals surface area (Å²) in [4.78, 5) is 4.40. The molecule has 2 aliphatic rings. The molecule has 1 heterocycles. The van der Waals surface area contributed by atoms with Gasteiger partial charge in [0.25, 0.3) is 0 Å². The second-order valence-corrected chi connectivity index (χ2v) is 5.99. The maximum absolute atomic E-state index is 4.40. The van der Waals surface area contributed by atoms with Crippen molar-refractivity contribution in [2.45, 2.75) is 45.6 Å². The van der Waals surface area contributed by atoms with Crippen LogP contribution < -0.4 is 5.32 Å². The summed E-state index contributed by atoms with van der Waals surface area (Å²) in [5.74, 6) is 3.92. The van der Waals surface area contributed by atoms with Crippen molar-refractivity contribution >= 4 is 5.82 Å². The molecular formula is C15H22N2. The average Bonchev–Trinajstić information content (AvgIpc) is 2.90. The van der Waals surface area contributed by atoms with Crippen LogP contribution in [-0.4, -0.2) is 11.0 Å². The monoisotopic (exact) mass is 230 g/mol. The summed E-state index contributed by atoms with van der Waals surface area (Å²) in [6, 6.07) is 4.76. The van der Waals surface area contributed by atoms with Gasteiger partial charge in [0, 0.05) is 12.2 Å². The number of rotatable bonds is 3. The molecule has 0 amide bonds. The highest BCUT2D eigenvalue weighted by atomic mass is 15.0. The van der Waals surface area contributed by atoms with Crippen LogP contribution in [-0.2, 0) is 0 Å². The summed E-state index contributed by atoms with van der Waals surface area (Å²) in [6.45, 7) is 4.45. The van der Waals surface area contributed by atoms with Crippen molar-refractivity contribution in [3.8, 4) is 0 Å². The van der Waals surface area contributed by atoms with Crippen LogP contribution in [0.5, 0.6) is 0 Å². The first-order valence-corrected chi connectivity index (χ1v) is 6.91. The third-order valence-corrected chi connectivity index (χ3v) is 4.73. The molecule has 0 radical (unpaired) electrons. The van der Waals surface area contributed by atoms with Gasteiger partial charge in [0.15, 0.2) is 0 Å². The number of anilines is 1. The Bertz CT molecular complexity index is 402. The number of hydrogen-bond acceptors (Lipinski definition) is 2. The molecule has 2 fully saturated rings. The first-order valence-electron chi connectivity index (χ1n) is 6.91. The van der Waals surface area contributed by atoms with Crippen LogP contribution in [0.3, 0.4) is 0 Å². The van der Waals surface area contributed by atoms with Gasteiger partial charge in [-0.3, -0.25) is 0 Å². The van der Waals surface area contributed by atoms with Gasteiger partial charge >= 0.3 is 0 Å². The average molecular weight is 230 g/mol. The fraction of sp³-hybridized carbons (Fsp3) is 0.667. The summed E-state index contributed by atoms with van der Waals surface area (Å²) in [7, 11) is 0. The second kappa shape index (κ2) is 4.32. The van der Waals surface area contributed by atoms with Crippen molar-refractivity contribution in [2.75, 3.05) is 5.32 Å². The lowest BCUT2D eigenvalue weighted by Crippen LogP contribution is -2.30. The van der Waals surface area contributed by atoms with Crippen molar-refractivity contribution in [1.82, 2.24) is 4.98 Å². The lowest BCUT2D eigenvalue weighted by atomic mass is 9.84. The van der Waals surface area contributed by atoms with Crippen LogP contribution >= 0.6 is 0 Å². The summed E-state index contributed by atoms with van der Waals surface area (Å²) < 4.78 is 0. The number of pyridine rings is 1. The van der Waals surface area contributed by atoms with E-state index in [1.54, 1.807) is 0 Å². The molecule has 2 heteroatoms. The Kier molecular flexibility index (Phi) is 2.81.